The van der Waals surface area contributed by atoms with E-state index in [2.05, 4.69) is 10.4 Å². The van der Waals surface area contributed by atoms with Crippen LogP contribution in [0.2, 0.25) is 0 Å². The minimum Gasteiger partial charge on any atom is -0.465 e. The van der Waals surface area contributed by atoms with Gasteiger partial charge in [-0.1, -0.05) is 0 Å². The van der Waals surface area contributed by atoms with Crippen molar-refractivity contribution >= 4 is 6.09 Å². The van der Waals surface area contributed by atoms with Crippen LogP contribution in [0.25, 0.3) is 0 Å². The summed E-state index contributed by atoms with van der Waals surface area (Å²) >= 11 is 0. The molecule has 1 aromatic heterocycles. The molecule has 5 nitrogen and oxygen atoms in total. The van der Waals surface area contributed by atoms with Crippen molar-refractivity contribution in [3.8, 4) is 0 Å². The summed E-state index contributed by atoms with van der Waals surface area (Å²) in [6.07, 6.45) is 4.89. The maximum Gasteiger partial charge on any atom is 0.404 e. The van der Waals surface area contributed by atoms with Crippen LogP contribution >= 0.6 is 0 Å². The quantitative estimate of drug-likeness (QED) is 0.876. The lowest BCUT2D eigenvalue weighted by Crippen LogP contribution is -2.36. The largest absolute Gasteiger partial charge is 0.465 e. The van der Waals surface area contributed by atoms with Crippen molar-refractivity contribution in [1.82, 2.24) is 15.1 Å². The molecule has 0 radical (unpaired) electrons. The van der Waals surface area contributed by atoms with Gasteiger partial charge < -0.3 is 10.4 Å². The molecule has 1 amide bonds. The van der Waals surface area contributed by atoms with Gasteiger partial charge in [-0.3, -0.25) is 0 Å². The zero-order valence-electron chi connectivity index (χ0n) is 9.72. The summed E-state index contributed by atoms with van der Waals surface area (Å²) in [7, 11) is 0. The van der Waals surface area contributed by atoms with Crippen molar-refractivity contribution < 1.29 is 18.7 Å². The molecule has 1 aliphatic carbocycles. The Hall–Kier alpha value is -1.66. The maximum absolute atomic E-state index is 12.4. The molecule has 0 atom stereocenters. The zero-order chi connectivity index (χ0) is 13.1. The van der Waals surface area contributed by atoms with E-state index in [0.717, 1.165) is 31.2 Å². The van der Waals surface area contributed by atoms with Gasteiger partial charge in [0.2, 0.25) is 0 Å². The number of nitrogens with one attached hydrogen (secondary N) is 1. The predicted molar refractivity (Wildman–Crippen MR) is 59.6 cm³/mol. The van der Waals surface area contributed by atoms with Gasteiger partial charge in [-0.05, 0) is 37.2 Å². The minimum absolute atomic E-state index is 0.0242. The molecule has 1 aromatic rings. The van der Waals surface area contributed by atoms with E-state index in [9.17, 15) is 13.6 Å². The molecule has 2 N–H and O–H groups in total. The highest BCUT2D eigenvalue weighted by molar-refractivity contribution is 5.64. The molecular weight excluding hydrogens is 244 g/mol. The Bertz CT molecular complexity index is 414. The molecule has 0 bridgehead atoms. The van der Waals surface area contributed by atoms with E-state index < -0.39 is 12.6 Å². The number of carbonyl (C=O) groups is 1. The summed E-state index contributed by atoms with van der Waals surface area (Å²) < 4.78 is 25.4. The summed E-state index contributed by atoms with van der Waals surface area (Å²) in [4.78, 5) is 10.5. The van der Waals surface area contributed by atoms with Gasteiger partial charge in [-0.25, -0.2) is 9.48 Å². The lowest BCUT2D eigenvalue weighted by molar-refractivity contribution is 0.0564. The second kappa shape index (κ2) is 5.32. The van der Waals surface area contributed by atoms with Crippen LogP contribution in [0.1, 0.15) is 43.7 Å². The molecule has 100 valence electrons. The molecule has 1 saturated carbocycles. The molecule has 1 fully saturated rings. The fourth-order valence-corrected chi connectivity index (χ4v) is 2.42. The Kier molecular flexibility index (Phi) is 3.78. The molecule has 0 aromatic carbocycles. The Morgan fingerprint density at radius 2 is 2.11 bits per heavy atom. The van der Waals surface area contributed by atoms with Crippen LogP contribution in [-0.4, -0.2) is 27.0 Å². The van der Waals surface area contributed by atoms with E-state index in [0.29, 0.717) is 4.68 Å². The average molecular weight is 259 g/mol. The summed E-state index contributed by atoms with van der Waals surface area (Å²) in [5.41, 5.74) is 0.809. The second-order valence-corrected chi connectivity index (χ2v) is 4.53. The minimum atomic E-state index is -2.61. The van der Waals surface area contributed by atoms with Gasteiger partial charge >= 0.3 is 12.6 Å². The van der Waals surface area contributed by atoms with E-state index in [1.807, 2.05) is 0 Å². The monoisotopic (exact) mass is 259 g/mol. The molecule has 0 saturated heterocycles. The third kappa shape index (κ3) is 2.96. The zero-order valence-corrected chi connectivity index (χ0v) is 9.72. The van der Waals surface area contributed by atoms with Crippen LogP contribution < -0.4 is 5.32 Å². The van der Waals surface area contributed by atoms with Gasteiger partial charge in [0.1, 0.15) is 0 Å². The third-order valence-corrected chi connectivity index (χ3v) is 3.35. The van der Waals surface area contributed by atoms with Gasteiger partial charge in [0.25, 0.3) is 0 Å². The first-order valence-corrected chi connectivity index (χ1v) is 5.88. The number of halogens is 2. The second-order valence-electron chi connectivity index (χ2n) is 4.53. The fourth-order valence-electron chi connectivity index (χ4n) is 2.42. The number of rotatable bonds is 3. The molecule has 0 aliphatic heterocycles. The first-order chi connectivity index (χ1) is 8.56. The summed E-state index contributed by atoms with van der Waals surface area (Å²) in [6.45, 7) is -2.61. The van der Waals surface area contributed by atoms with Crippen molar-refractivity contribution in [2.24, 2.45) is 0 Å². The van der Waals surface area contributed by atoms with E-state index >= 15 is 0 Å². The average Bonchev–Trinajstić information content (AvgIpc) is 2.78. The molecule has 0 unspecified atom stereocenters. The molecule has 1 heterocycles. The lowest BCUT2D eigenvalue weighted by Gasteiger charge is -2.27. The third-order valence-electron chi connectivity index (χ3n) is 3.35. The number of aromatic nitrogens is 2. The number of alkyl halides is 2. The number of carboxylic acid groups (broad SMARTS) is 1. The van der Waals surface area contributed by atoms with Crippen molar-refractivity contribution in [2.75, 3.05) is 0 Å². The van der Waals surface area contributed by atoms with Crippen molar-refractivity contribution in [1.29, 1.82) is 0 Å². The molecule has 0 spiro atoms. The smallest absolute Gasteiger partial charge is 0.404 e. The maximum atomic E-state index is 12.4. The summed E-state index contributed by atoms with van der Waals surface area (Å²) in [5, 5.41) is 14.7. The van der Waals surface area contributed by atoms with Gasteiger partial charge in [-0.2, -0.15) is 13.9 Å². The van der Waals surface area contributed by atoms with Crippen LogP contribution in [0.5, 0.6) is 0 Å². The van der Waals surface area contributed by atoms with Crippen LogP contribution in [0.15, 0.2) is 12.4 Å². The first-order valence-electron chi connectivity index (χ1n) is 5.88. The van der Waals surface area contributed by atoms with Crippen molar-refractivity contribution in [2.45, 2.75) is 44.2 Å². The number of hydrogen-bond donors (Lipinski definition) is 2. The lowest BCUT2D eigenvalue weighted by atomic mass is 9.83. The van der Waals surface area contributed by atoms with Crippen molar-refractivity contribution in [3.63, 3.8) is 0 Å². The highest BCUT2D eigenvalue weighted by Gasteiger charge is 2.24. The number of nitrogens with zero attached hydrogens (tertiary/aromatic N) is 2. The van der Waals surface area contributed by atoms with E-state index in [4.69, 9.17) is 5.11 Å². The summed E-state index contributed by atoms with van der Waals surface area (Å²) in [6, 6.07) is -0.0242. The Morgan fingerprint density at radius 3 is 2.61 bits per heavy atom. The van der Waals surface area contributed by atoms with Crippen LogP contribution in [0.4, 0.5) is 13.6 Å². The molecular formula is C11H15F2N3O2. The summed E-state index contributed by atoms with van der Waals surface area (Å²) in [5.74, 6) is 0.198. The van der Waals surface area contributed by atoms with Crippen molar-refractivity contribution in [3.05, 3.63) is 18.0 Å². The number of hydrogen-bond acceptors (Lipinski definition) is 2. The van der Waals surface area contributed by atoms with E-state index in [1.54, 1.807) is 0 Å². The first kappa shape index (κ1) is 12.8. The highest BCUT2D eigenvalue weighted by Crippen LogP contribution is 2.33. The Balaban J connectivity index is 1.90. The molecule has 18 heavy (non-hydrogen) atoms. The highest BCUT2D eigenvalue weighted by atomic mass is 19.3. The van der Waals surface area contributed by atoms with E-state index in [-0.39, 0.29) is 12.0 Å². The standard InChI is InChI=1S/C11H15F2N3O2/c12-10(13)16-6-8(5-14-16)7-1-3-9(4-2-7)15-11(17)18/h5-7,9-10,15H,1-4H2,(H,17,18). The molecule has 7 heteroatoms. The van der Waals surface area contributed by atoms with Gasteiger partial charge in [-0.15, -0.1) is 0 Å². The number of amides is 1. The Labute approximate surface area is 103 Å². The predicted octanol–water partition coefficient (Wildman–Crippen LogP) is 2.57. The Morgan fingerprint density at radius 1 is 1.44 bits per heavy atom. The molecule has 2 rings (SSSR count). The van der Waals surface area contributed by atoms with Gasteiger partial charge in [0, 0.05) is 12.2 Å². The normalized spacial score (nSPS) is 24.2. The molecule has 1 aliphatic rings. The van der Waals surface area contributed by atoms with Crippen LogP contribution in [0, 0.1) is 0 Å². The van der Waals surface area contributed by atoms with Crippen LogP contribution in [-0.2, 0) is 0 Å². The van der Waals surface area contributed by atoms with E-state index in [1.165, 1.54) is 12.4 Å². The fraction of sp³-hybridized carbons (Fsp3) is 0.636. The topological polar surface area (TPSA) is 67.2 Å². The van der Waals surface area contributed by atoms with Gasteiger partial charge in [0.05, 0.1) is 6.20 Å². The van der Waals surface area contributed by atoms with Crippen LogP contribution in [0.3, 0.4) is 0 Å². The van der Waals surface area contributed by atoms with Gasteiger partial charge in [0.15, 0.2) is 0 Å². The SMILES string of the molecule is O=C(O)NC1CCC(c2cnn(C(F)F)c2)CC1.